The van der Waals surface area contributed by atoms with E-state index in [1.165, 1.54) is 116 Å². The van der Waals surface area contributed by atoms with Gasteiger partial charge in [0.15, 0.2) is 0 Å². The first-order valence-corrected chi connectivity index (χ1v) is 31.1. The molecule has 8 atom stereocenters. The van der Waals surface area contributed by atoms with Crippen LogP contribution < -0.4 is 53.6 Å². The number of H-pyrrole nitrogens is 3. The van der Waals surface area contributed by atoms with Crippen LogP contribution in [-0.4, -0.2) is 173 Å². The minimum Gasteiger partial charge on any atom is -0.508 e. The zero-order valence-corrected chi connectivity index (χ0v) is 52.6. The number of nitrogens with zero attached hydrogens (tertiary/aromatic N) is 2. The van der Waals surface area contributed by atoms with Gasteiger partial charge < -0.3 is 83.6 Å². The summed E-state index contributed by atoms with van der Waals surface area (Å²) in [5.74, 6) is -13.2. The highest BCUT2D eigenvalue weighted by Gasteiger charge is 2.49. The first-order chi connectivity index (χ1) is 46.3. The van der Waals surface area contributed by atoms with Crippen molar-refractivity contribution in [3.05, 3.63) is 155 Å². The number of hydrogen-bond donors (Lipinski definition) is 15. The van der Waals surface area contributed by atoms with Crippen LogP contribution in [-0.2, 0) is 84.8 Å². The highest BCUT2D eigenvalue weighted by Crippen LogP contribution is 2.31. The quantitative estimate of drug-likeness (QED) is 0.0730. The Hall–Kier alpha value is -11.5. The fourth-order valence-electron chi connectivity index (χ4n) is 11.8. The summed E-state index contributed by atoms with van der Waals surface area (Å²) in [6.45, 7) is 1.80. The number of hydrogen-bond acceptors (Lipinski definition) is 14. The largest absolute Gasteiger partial charge is 0.508 e. The van der Waals surface area contributed by atoms with Crippen molar-refractivity contribution in [3.63, 3.8) is 0 Å². The lowest BCUT2D eigenvalue weighted by molar-refractivity contribution is -0.147. The molecule has 11 amide bonds. The number of rotatable bonds is 12. The summed E-state index contributed by atoms with van der Waals surface area (Å²) in [6.07, 6.45) is 3.01. The molecule has 0 aliphatic carbocycles. The van der Waals surface area contributed by atoms with Gasteiger partial charge in [-0.15, -0.1) is 0 Å². The zero-order valence-electron chi connectivity index (χ0n) is 52.6. The Labute approximate surface area is 552 Å². The molecule has 1 fully saturated rings. The van der Waals surface area contributed by atoms with Crippen LogP contribution in [0.15, 0.2) is 110 Å². The summed E-state index contributed by atoms with van der Waals surface area (Å²) in [6, 6.07) is 7.80. The molecule has 31 heteroatoms. The Morgan fingerprint density at radius 2 is 1.25 bits per heavy atom. The molecule has 3 aromatic heterocycles. The van der Waals surface area contributed by atoms with Crippen LogP contribution in [0.25, 0.3) is 21.8 Å². The molecular formula is C66H73F2N15O14. The molecule has 510 valence electrons. The summed E-state index contributed by atoms with van der Waals surface area (Å²) in [5, 5.41) is 44.1. The third kappa shape index (κ3) is 18.0. The van der Waals surface area contributed by atoms with E-state index in [1.54, 1.807) is 0 Å². The van der Waals surface area contributed by atoms with E-state index in [2.05, 4.69) is 67.8 Å². The third-order valence-electron chi connectivity index (χ3n) is 17.0. The number of aromatic hydroxyl groups is 1. The summed E-state index contributed by atoms with van der Waals surface area (Å²) in [4.78, 5) is 183. The van der Waals surface area contributed by atoms with Crippen LogP contribution in [0.3, 0.4) is 0 Å². The second-order valence-corrected chi connectivity index (χ2v) is 24.1. The molecular weight excluding hydrogens is 1260 g/mol. The maximum absolute atomic E-state index is 15.2. The lowest BCUT2D eigenvalue weighted by atomic mass is 9.94. The average molecular weight is 1340 g/mol. The molecule has 97 heavy (non-hydrogen) atoms. The first-order valence-electron chi connectivity index (χ1n) is 31.1. The van der Waals surface area contributed by atoms with Crippen LogP contribution in [0.2, 0.25) is 0 Å². The lowest BCUT2D eigenvalue weighted by Gasteiger charge is -2.37. The molecule has 1 saturated heterocycles. The van der Waals surface area contributed by atoms with Gasteiger partial charge in [-0.05, 0) is 116 Å². The number of benzene rings is 4. The second kappa shape index (κ2) is 31.1. The standard InChI is InChI=1S/C66H73F2N15O14/c1-34(84)76-48-5-3-19-71-58(90)37-10-6-35(7-11-37)21-49(57(69)89)82-65(97)66(2)18-4-20-83(66)64(96)54(22-36-8-14-43(85)15-9-36)81-62(94)52(27-42-31-70-33-75-42)79-63(95)53(28-56(87)88)80-61(93)51(24-39-30-73-47-17-13-41(68)26-45(39)47)78-60(92)50(77-55(86)32-74-59(48)91)23-38-29-72-46-16-12-40(67)25-44(38)46/h6-17,25-26,29-31,33,48-54,72-73,85H,3-5,18-24,27-28,32H2,1-2H3,(H2,69,89)(H,70,75)(H,71,90)(H,74,91)(H,76,84)(H,77,86)(H,78,92)(H,79,95)(H,80,93)(H,81,94)(H,82,97)(H,87,88)/t48-,49+,50+,51+,52+,53+,54+,66+/m1/s1. The highest BCUT2D eigenvalue weighted by atomic mass is 19.1. The van der Waals surface area contributed by atoms with Crippen molar-refractivity contribution < 1.29 is 76.5 Å². The van der Waals surface area contributed by atoms with Crippen molar-refractivity contribution in [2.45, 2.75) is 126 Å². The van der Waals surface area contributed by atoms with E-state index < -0.39 is 163 Å². The molecule has 7 aromatic rings. The molecule has 6 heterocycles. The van der Waals surface area contributed by atoms with Crippen LogP contribution in [0, 0.1) is 11.6 Å². The van der Waals surface area contributed by atoms with Crippen LogP contribution >= 0.6 is 0 Å². The molecule has 29 nitrogen and oxygen atoms in total. The number of halogens is 2. The monoisotopic (exact) mass is 1340 g/mol. The Morgan fingerprint density at radius 3 is 1.82 bits per heavy atom. The number of phenols is 1. The van der Waals surface area contributed by atoms with Crippen molar-refractivity contribution in [2.24, 2.45) is 5.73 Å². The number of carboxylic acids is 1. The highest BCUT2D eigenvalue weighted by molar-refractivity contribution is 6.01. The number of nitrogens with two attached hydrogens (primary N) is 1. The minimum absolute atomic E-state index is 0.00686. The molecule has 0 saturated carbocycles. The second-order valence-electron chi connectivity index (χ2n) is 24.1. The average Bonchev–Trinajstić information content (AvgIpc) is 1.68. The Morgan fingerprint density at radius 1 is 0.670 bits per heavy atom. The van der Waals surface area contributed by atoms with Gasteiger partial charge in [-0.2, -0.15) is 0 Å². The molecule has 2 bridgehead atoms. The molecule has 10 rings (SSSR count). The van der Waals surface area contributed by atoms with Gasteiger partial charge in [-0.25, -0.2) is 13.8 Å². The van der Waals surface area contributed by atoms with Gasteiger partial charge in [0, 0.05) is 104 Å². The number of phenolic OH excluding ortho intramolecular Hbond substituents is 1. The maximum Gasteiger partial charge on any atom is 0.305 e. The third-order valence-corrected chi connectivity index (χ3v) is 17.0. The molecule has 4 aromatic carbocycles. The van der Waals surface area contributed by atoms with Gasteiger partial charge in [0.1, 0.15) is 65.2 Å². The molecule has 0 unspecified atom stereocenters. The van der Waals surface area contributed by atoms with Gasteiger partial charge in [0.2, 0.25) is 59.1 Å². The number of aliphatic carboxylic acids is 1. The van der Waals surface area contributed by atoms with Gasteiger partial charge in [0.25, 0.3) is 5.91 Å². The molecule has 0 radical (unpaired) electrons. The predicted molar refractivity (Wildman–Crippen MR) is 343 cm³/mol. The predicted octanol–water partition coefficient (Wildman–Crippen LogP) is 0.264. The summed E-state index contributed by atoms with van der Waals surface area (Å²) in [5.41, 5.74) is 6.83. The normalized spacial score (nSPS) is 22.7. The number of aromatic amines is 3. The number of aromatic nitrogens is 4. The van der Waals surface area contributed by atoms with Crippen LogP contribution in [0.5, 0.6) is 5.75 Å². The number of primary amides is 1. The van der Waals surface area contributed by atoms with Gasteiger partial charge in [-0.3, -0.25) is 57.5 Å². The van der Waals surface area contributed by atoms with Crippen molar-refractivity contribution in [3.8, 4) is 5.75 Å². The van der Waals surface area contributed by atoms with E-state index in [9.17, 15) is 71.7 Å². The number of fused-ring (bicyclic) bond motifs is 31. The van der Waals surface area contributed by atoms with E-state index in [1.807, 2.05) is 0 Å². The van der Waals surface area contributed by atoms with Crippen LogP contribution in [0.4, 0.5) is 8.78 Å². The zero-order chi connectivity index (χ0) is 69.7. The van der Waals surface area contributed by atoms with Crippen molar-refractivity contribution in [2.75, 3.05) is 19.6 Å². The van der Waals surface area contributed by atoms with E-state index >= 15 is 4.79 Å². The molecule has 16 N–H and O–H groups in total. The fourth-order valence-corrected chi connectivity index (χ4v) is 11.8. The molecule has 3 aliphatic rings. The lowest BCUT2D eigenvalue weighted by Crippen LogP contribution is -2.63. The van der Waals surface area contributed by atoms with Gasteiger partial charge in [-0.1, -0.05) is 24.3 Å². The molecule has 0 spiro atoms. The summed E-state index contributed by atoms with van der Waals surface area (Å²) in [7, 11) is 0. The van der Waals surface area contributed by atoms with E-state index in [-0.39, 0.29) is 85.1 Å². The number of amides is 11. The van der Waals surface area contributed by atoms with Crippen LogP contribution in [0.1, 0.15) is 84.3 Å². The van der Waals surface area contributed by atoms with Gasteiger partial charge in [0.05, 0.1) is 19.3 Å². The van der Waals surface area contributed by atoms with Crippen molar-refractivity contribution >= 4 is 92.8 Å². The Bertz CT molecular complexity index is 4120. The van der Waals surface area contributed by atoms with E-state index in [4.69, 9.17) is 5.73 Å². The Kier molecular flexibility index (Phi) is 22.4. The summed E-state index contributed by atoms with van der Waals surface area (Å²) < 4.78 is 29.7. The first kappa shape index (κ1) is 69.8. The number of carboxylic acid groups (broad SMARTS) is 1. The van der Waals surface area contributed by atoms with Crippen molar-refractivity contribution in [1.82, 2.24) is 72.7 Å². The fraction of sp³-hybridized carbons (Fsp3) is 0.348. The van der Waals surface area contributed by atoms with E-state index in [0.29, 0.717) is 27.5 Å². The SMILES string of the molecule is CC(=O)N[C@@H]1CCCNC(=O)c2ccc(cc2)C[C@@H](C(N)=O)NC(=O)[C@]2(C)CCCN2C(=O)[C@H](Cc2ccc(O)cc2)NC(=O)[C@H](Cc2cnc[nH]2)NC(=O)[C@H](CC(=O)O)NC(=O)[C@H](Cc2c[nH]c3ccc(F)cc23)NC(=O)[C@H](Cc2c[nH]c3ccc(F)cc23)NC(=O)CNC1=O. The topological polar surface area (TPSA) is 443 Å². The Balaban J connectivity index is 1.07. The number of nitrogens with one attached hydrogen (secondary N) is 12. The maximum atomic E-state index is 15.2. The minimum atomic E-state index is -2.06. The number of carbonyl (C=O) groups excluding carboxylic acids is 11. The van der Waals surface area contributed by atoms with Gasteiger partial charge >= 0.3 is 5.97 Å². The van der Waals surface area contributed by atoms with E-state index in [0.717, 1.165) is 13.0 Å². The summed E-state index contributed by atoms with van der Waals surface area (Å²) >= 11 is 0. The van der Waals surface area contributed by atoms with Crippen molar-refractivity contribution in [1.29, 1.82) is 0 Å². The number of imidazole rings is 1. The molecule has 3 aliphatic heterocycles. The number of carbonyl (C=O) groups is 12. The smallest absolute Gasteiger partial charge is 0.305 e.